The number of carboxylic acid groups (broad SMARTS) is 1. The van der Waals surface area contributed by atoms with Crippen LogP contribution >= 0.6 is 34.8 Å². The van der Waals surface area contributed by atoms with Crippen LogP contribution in [0.5, 0.6) is 0 Å². The summed E-state index contributed by atoms with van der Waals surface area (Å²) < 4.78 is 0. The Bertz CT molecular complexity index is 666. The smallest absolute Gasteiger partial charge is 0.307 e. The molecule has 0 aliphatic heterocycles. The highest BCUT2D eigenvalue weighted by Gasteiger charge is 2.13. The summed E-state index contributed by atoms with van der Waals surface area (Å²) in [6.45, 7) is 0. The van der Waals surface area contributed by atoms with Gasteiger partial charge in [-0.3, -0.25) is 4.79 Å². The van der Waals surface area contributed by atoms with Crippen LogP contribution in [0, 0.1) is 0 Å². The monoisotopic (exact) mass is 330 g/mol. The first kappa shape index (κ1) is 14.9. The molecule has 0 atom stereocenters. The van der Waals surface area contributed by atoms with Crippen LogP contribution in [0.25, 0.3) is 11.1 Å². The number of anilines is 1. The Balaban J connectivity index is 2.60. The Morgan fingerprint density at radius 3 is 2.35 bits per heavy atom. The van der Waals surface area contributed by atoms with Gasteiger partial charge in [-0.1, -0.05) is 34.8 Å². The SMILES string of the molecule is Nc1cc(CC(=O)O)c(-c2cc(Cl)c(Cl)c(Cl)c2)cn1. The predicted molar refractivity (Wildman–Crippen MR) is 80.5 cm³/mol. The van der Waals surface area contributed by atoms with Gasteiger partial charge in [-0.05, 0) is 29.3 Å². The van der Waals surface area contributed by atoms with Gasteiger partial charge in [0.2, 0.25) is 0 Å². The van der Waals surface area contributed by atoms with E-state index in [9.17, 15) is 4.79 Å². The lowest BCUT2D eigenvalue weighted by atomic mass is 10.00. The van der Waals surface area contributed by atoms with Crippen molar-refractivity contribution < 1.29 is 9.90 Å². The van der Waals surface area contributed by atoms with Gasteiger partial charge in [-0.2, -0.15) is 0 Å². The van der Waals surface area contributed by atoms with E-state index in [1.165, 1.54) is 12.3 Å². The molecule has 1 heterocycles. The van der Waals surface area contributed by atoms with E-state index in [1.807, 2.05) is 0 Å². The lowest BCUT2D eigenvalue weighted by Gasteiger charge is -2.10. The van der Waals surface area contributed by atoms with Gasteiger partial charge in [0.25, 0.3) is 0 Å². The van der Waals surface area contributed by atoms with E-state index in [0.29, 0.717) is 16.7 Å². The maximum Gasteiger partial charge on any atom is 0.307 e. The van der Waals surface area contributed by atoms with Crippen LogP contribution in [0.2, 0.25) is 15.1 Å². The van der Waals surface area contributed by atoms with Gasteiger partial charge < -0.3 is 10.8 Å². The number of hydrogen-bond donors (Lipinski definition) is 2. The van der Waals surface area contributed by atoms with E-state index in [2.05, 4.69) is 4.98 Å². The molecule has 1 aromatic carbocycles. The number of nitrogens with two attached hydrogens (primary N) is 1. The number of carboxylic acids is 1. The van der Waals surface area contributed by atoms with Crippen LogP contribution in [0.15, 0.2) is 24.4 Å². The summed E-state index contributed by atoms with van der Waals surface area (Å²) in [5.74, 6) is -0.723. The summed E-state index contributed by atoms with van der Waals surface area (Å²) in [6, 6.07) is 4.72. The lowest BCUT2D eigenvalue weighted by molar-refractivity contribution is -0.136. The highest BCUT2D eigenvalue weighted by molar-refractivity contribution is 6.48. The number of aliphatic carboxylic acids is 1. The number of nitrogen functional groups attached to an aromatic ring is 1. The van der Waals surface area contributed by atoms with E-state index < -0.39 is 5.97 Å². The largest absolute Gasteiger partial charge is 0.481 e. The summed E-state index contributed by atoms with van der Waals surface area (Å²) >= 11 is 17.9. The topological polar surface area (TPSA) is 76.2 Å². The molecule has 0 spiro atoms. The summed E-state index contributed by atoms with van der Waals surface area (Å²) in [6.07, 6.45) is 1.31. The standard InChI is InChI=1S/C13H9Cl3N2O2/c14-9-1-6(2-10(15)13(9)16)8-5-18-11(17)3-7(8)4-12(19)20/h1-3,5H,4H2,(H2,17,18)(H,19,20). The number of carbonyl (C=O) groups is 1. The molecule has 3 N–H and O–H groups in total. The van der Waals surface area contributed by atoms with E-state index in [4.69, 9.17) is 45.6 Å². The maximum atomic E-state index is 10.9. The molecule has 4 nitrogen and oxygen atoms in total. The number of halogens is 3. The van der Waals surface area contributed by atoms with Crippen LogP contribution in [0.1, 0.15) is 5.56 Å². The van der Waals surface area contributed by atoms with Crippen LogP contribution in [-0.4, -0.2) is 16.1 Å². The molecule has 7 heteroatoms. The highest BCUT2D eigenvalue weighted by atomic mass is 35.5. The van der Waals surface area contributed by atoms with E-state index in [1.54, 1.807) is 12.1 Å². The first-order chi connectivity index (χ1) is 9.38. The number of rotatable bonds is 3. The fraction of sp³-hybridized carbons (Fsp3) is 0.0769. The summed E-state index contributed by atoms with van der Waals surface area (Å²) in [5.41, 5.74) is 7.35. The molecular formula is C13H9Cl3N2O2. The van der Waals surface area contributed by atoms with Crippen molar-refractivity contribution in [1.29, 1.82) is 0 Å². The van der Waals surface area contributed by atoms with Crippen LogP contribution in [-0.2, 0) is 11.2 Å². The molecule has 0 fully saturated rings. The van der Waals surface area contributed by atoms with Crippen molar-refractivity contribution in [2.75, 3.05) is 5.73 Å². The Morgan fingerprint density at radius 2 is 1.80 bits per heavy atom. The van der Waals surface area contributed by atoms with E-state index in [-0.39, 0.29) is 27.3 Å². The molecule has 0 saturated heterocycles. The third-order valence-corrected chi connectivity index (χ3v) is 3.84. The van der Waals surface area contributed by atoms with E-state index in [0.717, 1.165) is 0 Å². The van der Waals surface area contributed by atoms with Crippen LogP contribution < -0.4 is 5.73 Å². The summed E-state index contributed by atoms with van der Waals surface area (Å²) in [4.78, 5) is 14.9. The minimum atomic E-state index is -0.969. The molecule has 0 bridgehead atoms. The van der Waals surface area contributed by atoms with Gasteiger partial charge in [0.1, 0.15) is 5.82 Å². The second-order valence-electron chi connectivity index (χ2n) is 4.09. The molecule has 2 aromatic rings. The average Bonchev–Trinajstić information content (AvgIpc) is 2.35. The second kappa shape index (κ2) is 5.87. The molecule has 0 unspecified atom stereocenters. The number of benzene rings is 1. The van der Waals surface area contributed by atoms with Crippen molar-refractivity contribution in [3.63, 3.8) is 0 Å². The predicted octanol–water partition coefficient (Wildman–Crippen LogP) is 3.92. The molecule has 2 rings (SSSR count). The molecule has 104 valence electrons. The van der Waals surface area contributed by atoms with Crippen molar-refractivity contribution in [2.45, 2.75) is 6.42 Å². The van der Waals surface area contributed by atoms with Crippen LogP contribution in [0.3, 0.4) is 0 Å². The molecule has 0 radical (unpaired) electrons. The van der Waals surface area contributed by atoms with Crippen molar-refractivity contribution >= 4 is 46.6 Å². The summed E-state index contributed by atoms with van der Waals surface area (Å²) in [5, 5.41) is 9.77. The van der Waals surface area contributed by atoms with Gasteiger partial charge in [0.05, 0.1) is 21.5 Å². The number of pyridine rings is 1. The molecule has 0 saturated carbocycles. The zero-order valence-electron chi connectivity index (χ0n) is 10.0. The second-order valence-corrected chi connectivity index (χ2v) is 5.28. The maximum absolute atomic E-state index is 10.9. The minimum absolute atomic E-state index is 0.181. The first-order valence-electron chi connectivity index (χ1n) is 5.49. The van der Waals surface area contributed by atoms with Gasteiger partial charge in [-0.25, -0.2) is 4.98 Å². The van der Waals surface area contributed by atoms with Gasteiger partial charge in [0.15, 0.2) is 0 Å². The molecule has 0 aliphatic rings. The fourth-order valence-electron chi connectivity index (χ4n) is 1.80. The molecule has 1 aromatic heterocycles. The Labute approximate surface area is 130 Å². The molecule has 0 amide bonds. The fourth-order valence-corrected chi connectivity index (χ4v) is 2.39. The summed E-state index contributed by atoms with van der Waals surface area (Å²) in [7, 11) is 0. The van der Waals surface area contributed by atoms with Crippen molar-refractivity contribution in [2.24, 2.45) is 0 Å². The lowest BCUT2D eigenvalue weighted by Crippen LogP contribution is -2.04. The number of hydrogen-bond acceptors (Lipinski definition) is 3. The van der Waals surface area contributed by atoms with Crippen LogP contribution in [0.4, 0.5) is 5.82 Å². The Morgan fingerprint density at radius 1 is 1.20 bits per heavy atom. The number of nitrogens with zero attached hydrogens (tertiary/aromatic N) is 1. The average molecular weight is 332 g/mol. The Kier molecular flexibility index (Phi) is 4.38. The zero-order chi connectivity index (χ0) is 14.9. The first-order valence-corrected chi connectivity index (χ1v) is 6.63. The Hall–Kier alpha value is -1.49. The number of aromatic nitrogens is 1. The molecule has 20 heavy (non-hydrogen) atoms. The van der Waals surface area contributed by atoms with Gasteiger partial charge >= 0.3 is 5.97 Å². The van der Waals surface area contributed by atoms with Gasteiger partial charge in [-0.15, -0.1) is 0 Å². The zero-order valence-corrected chi connectivity index (χ0v) is 12.3. The third-order valence-electron chi connectivity index (χ3n) is 2.65. The molecule has 0 aliphatic carbocycles. The minimum Gasteiger partial charge on any atom is -0.481 e. The molecular weight excluding hydrogens is 323 g/mol. The normalized spacial score (nSPS) is 10.6. The quantitative estimate of drug-likeness (QED) is 0.836. The van der Waals surface area contributed by atoms with Crippen molar-refractivity contribution in [3.05, 3.63) is 45.0 Å². The van der Waals surface area contributed by atoms with Crippen molar-refractivity contribution in [1.82, 2.24) is 4.98 Å². The van der Waals surface area contributed by atoms with E-state index >= 15 is 0 Å². The highest BCUT2D eigenvalue weighted by Crippen LogP contribution is 2.36. The van der Waals surface area contributed by atoms with Gasteiger partial charge in [0, 0.05) is 11.8 Å². The third kappa shape index (κ3) is 3.15. The van der Waals surface area contributed by atoms with Crippen molar-refractivity contribution in [3.8, 4) is 11.1 Å².